The fourth-order valence-electron chi connectivity index (χ4n) is 1.08. The molecule has 0 aliphatic carbocycles. The van der Waals surface area contributed by atoms with Gasteiger partial charge in [0.2, 0.25) is 5.82 Å². The number of nitrogens with zero attached hydrogens (tertiary/aromatic N) is 3. The van der Waals surface area contributed by atoms with E-state index in [2.05, 4.69) is 31.8 Å². The lowest BCUT2D eigenvalue weighted by molar-refractivity contribution is 0.0587. The summed E-state index contributed by atoms with van der Waals surface area (Å²) in [6.45, 7) is 2.83. The van der Waals surface area contributed by atoms with Crippen LogP contribution in [0.1, 0.15) is 17.5 Å². The van der Waals surface area contributed by atoms with E-state index >= 15 is 0 Å². The molecule has 6 nitrogen and oxygen atoms in total. The van der Waals surface area contributed by atoms with Crippen LogP contribution in [0.3, 0.4) is 0 Å². The van der Waals surface area contributed by atoms with Gasteiger partial charge in [0.05, 0.1) is 7.11 Å². The number of carbonyl (C=O) groups is 1. The van der Waals surface area contributed by atoms with Crippen molar-refractivity contribution in [2.75, 3.05) is 33.1 Å². The van der Waals surface area contributed by atoms with Crippen molar-refractivity contribution in [3.8, 4) is 0 Å². The minimum absolute atomic E-state index is 0.0648. The van der Waals surface area contributed by atoms with Crippen LogP contribution in [0.4, 0.5) is 5.82 Å². The predicted molar refractivity (Wildman–Crippen MR) is 65.0 cm³/mol. The normalized spacial score (nSPS) is 12.3. The van der Waals surface area contributed by atoms with Crippen LogP contribution in [-0.2, 0) is 4.74 Å². The van der Waals surface area contributed by atoms with Crippen LogP contribution in [0.25, 0.3) is 0 Å². The van der Waals surface area contributed by atoms with E-state index in [-0.39, 0.29) is 5.82 Å². The molecule has 17 heavy (non-hydrogen) atoms. The Morgan fingerprint density at radius 2 is 2.29 bits per heavy atom. The van der Waals surface area contributed by atoms with E-state index in [0.29, 0.717) is 11.9 Å². The van der Waals surface area contributed by atoms with Gasteiger partial charge < -0.3 is 15.0 Å². The summed E-state index contributed by atoms with van der Waals surface area (Å²) < 4.78 is 4.56. The molecule has 0 saturated heterocycles. The molecular formula is C11H18N4O2. The van der Waals surface area contributed by atoms with Crippen molar-refractivity contribution in [3.05, 3.63) is 18.1 Å². The van der Waals surface area contributed by atoms with Crippen LogP contribution >= 0.6 is 0 Å². The minimum Gasteiger partial charge on any atom is -0.463 e. The molecule has 0 fully saturated rings. The summed E-state index contributed by atoms with van der Waals surface area (Å²) in [6.07, 6.45) is 1.53. The standard InChI is InChI=1S/C11H18N4O2/c1-8(15(2)3)7-13-9-5-6-12-10(14-9)11(16)17-4/h5-6,8H,7H2,1-4H3,(H,12,13,14). The fourth-order valence-corrected chi connectivity index (χ4v) is 1.08. The van der Waals surface area contributed by atoms with Gasteiger partial charge in [-0.25, -0.2) is 14.8 Å². The third kappa shape index (κ3) is 3.99. The second-order valence-corrected chi connectivity index (χ2v) is 3.95. The first kappa shape index (κ1) is 13.4. The lowest BCUT2D eigenvalue weighted by Crippen LogP contribution is -2.31. The van der Waals surface area contributed by atoms with Gasteiger partial charge in [-0.2, -0.15) is 0 Å². The van der Waals surface area contributed by atoms with Gasteiger partial charge in [0.15, 0.2) is 0 Å². The van der Waals surface area contributed by atoms with Crippen LogP contribution in [0.15, 0.2) is 12.3 Å². The Kier molecular flexibility index (Phi) is 4.84. The molecule has 0 saturated carbocycles. The van der Waals surface area contributed by atoms with E-state index in [0.717, 1.165) is 6.54 Å². The molecule has 0 bridgehead atoms. The number of likely N-dealkylation sites (N-methyl/N-ethyl adjacent to an activating group) is 1. The minimum atomic E-state index is -0.533. The summed E-state index contributed by atoms with van der Waals surface area (Å²) in [5, 5.41) is 3.14. The largest absolute Gasteiger partial charge is 0.463 e. The number of carbonyl (C=O) groups excluding carboxylic acids is 1. The molecule has 1 heterocycles. The van der Waals surface area contributed by atoms with Crippen LogP contribution in [-0.4, -0.2) is 54.6 Å². The molecule has 0 aromatic carbocycles. The fraction of sp³-hybridized carbons (Fsp3) is 0.545. The number of ether oxygens (including phenoxy) is 1. The quantitative estimate of drug-likeness (QED) is 0.759. The molecular weight excluding hydrogens is 220 g/mol. The van der Waals surface area contributed by atoms with Crippen molar-refractivity contribution in [1.29, 1.82) is 0 Å². The maximum absolute atomic E-state index is 11.2. The third-order valence-corrected chi connectivity index (χ3v) is 2.48. The Morgan fingerprint density at radius 3 is 2.88 bits per heavy atom. The Hall–Kier alpha value is -1.69. The van der Waals surface area contributed by atoms with Gasteiger partial charge in [0.1, 0.15) is 5.82 Å². The van der Waals surface area contributed by atoms with Crippen molar-refractivity contribution < 1.29 is 9.53 Å². The number of rotatable bonds is 5. The monoisotopic (exact) mass is 238 g/mol. The van der Waals surface area contributed by atoms with E-state index in [1.165, 1.54) is 13.3 Å². The van der Waals surface area contributed by atoms with Gasteiger partial charge in [-0.1, -0.05) is 0 Å². The molecule has 1 N–H and O–H groups in total. The van der Waals surface area contributed by atoms with Crippen molar-refractivity contribution in [3.63, 3.8) is 0 Å². The number of hydrogen-bond acceptors (Lipinski definition) is 6. The Balaban J connectivity index is 2.63. The number of hydrogen-bond donors (Lipinski definition) is 1. The van der Waals surface area contributed by atoms with Crippen LogP contribution < -0.4 is 5.32 Å². The third-order valence-electron chi connectivity index (χ3n) is 2.48. The van der Waals surface area contributed by atoms with E-state index in [1.54, 1.807) is 6.07 Å². The first-order valence-electron chi connectivity index (χ1n) is 5.36. The zero-order chi connectivity index (χ0) is 12.8. The molecule has 0 radical (unpaired) electrons. The van der Waals surface area contributed by atoms with Crippen molar-refractivity contribution in [1.82, 2.24) is 14.9 Å². The summed E-state index contributed by atoms with van der Waals surface area (Å²) in [5.74, 6) is 0.151. The first-order chi connectivity index (χ1) is 8.04. The molecule has 1 unspecified atom stereocenters. The Morgan fingerprint density at radius 1 is 1.59 bits per heavy atom. The number of esters is 1. The molecule has 0 aliphatic heterocycles. The van der Waals surface area contributed by atoms with Crippen LogP contribution in [0.5, 0.6) is 0 Å². The van der Waals surface area contributed by atoms with E-state index < -0.39 is 5.97 Å². The summed E-state index contributed by atoms with van der Waals surface area (Å²) >= 11 is 0. The molecule has 1 atom stereocenters. The highest BCUT2D eigenvalue weighted by Crippen LogP contribution is 2.03. The SMILES string of the molecule is COC(=O)c1nccc(NCC(C)N(C)C)n1. The molecule has 0 aliphatic rings. The zero-order valence-electron chi connectivity index (χ0n) is 10.6. The molecule has 1 rings (SSSR count). The predicted octanol–water partition coefficient (Wildman–Crippen LogP) is 0.625. The second kappa shape index (κ2) is 6.15. The van der Waals surface area contributed by atoms with Crippen molar-refractivity contribution in [2.24, 2.45) is 0 Å². The summed E-state index contributed by atoms with van der Waals surface area (Å²) in [6, 6.07) is 2.08. The van der Waals surface area contributed by atoms with Gasteiger partial charge in [-0.15, -0.1) is 0 Å². The first-order valence-corrected chi connectivity index (χ1v) is 5.36. The lowest BCUT2D eigenvalue weighted by Gasteiger charge is -2.20. The highest BCUT2D eigenvalue weighted by atomic mass is 16.5. The highest BCUT2D eigenvalue weighted by molar-refractivity contribution is 5.85. The summed E-state index contributed by atoms with van der Waals surface area (Å²) in [7, 11) is 5.32. The van der Waals surface area contributed by atoms with Crippen LogP contribution in [0, 0.1) is 0 Å². The average Bonchev–Trinajstić information content (AvgIpc) is 2.35. The number of methoxy groups -OCH3 is 1. The number of aromatic nitrogens is 2. The van der Waals surface area contributed by atoms with Crippen LogP contribution in [0.2, 0.25) is 0 Å². The summed E-state index contributed by atoms with van der Waals surface area (Å²) in [4.78, 5) is 21.2. The second-order valence-electron chi connectivity index (χ2n) is 3.95. The number of anilines is 1. The van der Waals surface area contributed by atoms with Crippen molar-refractivity contribution in [2.45, 2.75) is 13.0 Å². The van der Waals surface area contributed by atoms with Crippen molar-refractivity contribution >= 4 is 11.8 Å². The van der Waals surface area contributed by atoms with E-state index in [4.69, 9.17) is 0 Å². The maximum Gasteiger partial charge on any atom is 0.376 e. The lowest BCUT2D eigenvalue weighted by atomic mass is 10.3. The zero-order valence-corrected chi connectivity index (χ0v) is 10.6. The Bertz CT molecular complexity index is 381. The molecule has 1 aromatic heterocycles. The molecule has 0 spiro atoms. The van der Waals surface area contributed by atoms with Gasteiger partial charge in [-0.3, -0.25) is 0 Å². The Labute approximate surface area is 101 Å². The smallest absolute Gasteiger partial charge is 0.376 e. The van der Waals surface area contributed by atoms with E-state index in [1.807, 2.05) is 14.1 Å². The van der Waals surface area contributed by atoms with Gasteiger partial charge in [0, 0.05) is 18.8 Å². The molecule has 0 amide bonds. The number of nitrogens with one attached hydrogen (secondary N) is 1. The van der Waals surface area contributed by atoms with Gasteiger partial charge >= 0.3 is 5.97 Å². The van der Waals surface area contributed by atoms with Gasteiger partial charge in [0.25, 0.3) is 0 Å². The highest BCUT2D eigenvalue weighted by Gasteiger charge is 2.10. The molecule has 6 heteroatoms. The van der Waals surface area contributed by atoms with E-state index in [9.17, 15) is 4.79 Å². The molecule has 94 valence electrons. The average molecular weight is 238 g/mol. The van der Waals surface area contributed by atoms with Gasteiger partial charge in [-0.05, 0) is 27.1 Å². The molecule has 1 aromatic rings. The maximum atomic E-state index is 11.2. The summed E-state index contributed by atoms with van der Waals surface area (Å²) in [5.41, 5.74) is 0. The topological polar surface area (TPSA) is 67.3 Å².